The van der Waals surface area contributed by atoms with Gasteiger partial charge in [0.2, 0.25) is 0 Å². The minimum Gasteiger partial charge on any atom is -0.288 e. The molecule has 1 aromatic carbocycles. The van der Waals surface area contributed by atoms with E-state index in [1.165, 1.54) is 17.7 Å². The smallest absolute Gasteiger partial charge is 0.0486 e. The van der Waals surface area contributed by atoms with Crippen LogP contribution in [0, 0.1) is 10.8 Å². The molecule has 0 bridgehead atoms. The van der Waals surface area contributed by atoms with Gasteiger partial charge in [0.1, 0.15) is 0 Å². The van der Waals surface area contributed by atoms with Gasteiger partial charge in [0.15, 0.2) is 0 Å². The van der Waals surface area contributed by atoms with Crippen molar-refractivity contribution in [3.05, 3.63) is 35.9 Å². The lowest BCUT2D eigenvalue weighted by molar-refractivity contribution is 0.524. The Morgan fingerprint density at radius 2 is 1.86 bits per heavy atom. The van der Waals surface area contributed by atoms with Crippen LogP contribution in [0.3, 0.4) is 0 Å². The van der Waals surface area contributed by atoms with Crippen LogP contribution < -0.4 is 0 Å². The highest BCUT2D eigenvalue weighted by atomic mass is 14.9. The van der Waals surface area contributed by atoms with E-state index in [1.807, 2.05) is 0 Å². The zero-order valence-corrected chi connectivity index (χ0v) is 8.75. The van der Waals surface area contributed by atoms with Gasteiger partial charge in [-0.25, -0.2) is 0 Å². The summed E-state index contributed by atoms with van der Waals surface area (Å²) in [7, 11) is 0. The molecule has 1 heteroatoms. The second-order valence-corrected chi connectivity index (χ2v) is 5.10. The predicted molar refractivity (Wildman–Crippen MR) is 58.7 cm³/mol. The molecule has 1 heterocycles. The van der Waals surface area contributed by atoms with Gasteiger partial charge in [-0.15, -0.1) is 0 Å². The number of hydrogen-bond donors (Lipinski definition) is 0. The first kappa shape index (κ1) is 8.22. The van der Waals surface area contributed by atoms with Gasteiger partial charge in [0.25, 0.3) is 0 Å². The first-order valence-electron chi connectivity index (χ1n) is 5.26. The molecular weight excluding hydrogens is 170 g/mol. The largest absolute Gasteiger partial charge is 0.288 e. The van der Waals surface area contributed by atoms with Gasteiger partial charge in [-0.3, -0.25) is 4.99 Å². The summed E-state index contributed by atoms with van der Waals surface area (Å²) in [6, 6.07) is 10.6. The van der Waals surface area contributed by atoms with Crippen LogP contribution in [-0.2, 0) is 0 Å². The molecule has 1 saturated carbocycles. The van der Waals surface area contributed by atoms with Crippen LogP contribution in [0.4, 0.5) is 0 Å². The fourth-order valence-electron chi connectivity index (χ4n) is 2.77. The molecule has 3 rings (SSSR count). The van der Waals surface area contributed by atoms with Crippen molar-refractivity contribution in [2.75, 3.05) is 6.54 Å². The molecule has 1 aliphatic carbocycles. The van der Waals surface area contributed by atoms with Crippen molar-refractivity contribution in [2.24, 2.45) is 15.8 Å². The number of nitrogens with zero attached hydrogens (tertiary/aromatic N) is 1. The van der Waals surface area contributed by atoms with E-state index < -0.39 is 0 Å². The van der Waals surface area contributed by atoms with Crippen molar-refractivity contribution in [1.29, 1.82) is 0 Å². The maximum Gasteiger partial charge on any atom is 0.0486 e. The van der Waals surface area contributed by atoms with Gasteiger partial charge in [-0.2, -0.15) is 0 Å². The van der Waals surface area contributed by atoms with Gasteiger partial charge < -0.3 is 0 Å². The third-order valence-corrected chi connectivity index (χ3v) is 4.11. The molecule has 0 aromatic heterocycles. The summed E-state index contributed by atoms with van der Waals surface area (Å²) >= 11 is 0. The van der Waals surface area contributed by atoms with Gasteiger partial charge in [0.05, 0.1) is 0 Å². The SMILES string of the molecule is CC12CN=C(c3ccccc3)C1(C)C2. The Hall–Kier alpha value is -1.11. The standard InChI is InChI=1S/C13H15N/c1-12-8-13(12,2)11(14-9-12)10-6-4-3-5-7-10/h3-7H,8-9H2,1-2H3. The van der Waals surface area contributed by atoms with E-state index in [2.05, 4.69) is 44.2 Å². The van der Waals surface area contributed by atoms with Crippen LogP contribution in [-0.4, -0.2) is 12.3 Å². The third-order valence-electron chi connectivity index (χ3n) is 4.11. The number of fused-ring (bicyclic) bond motifs is 1. The highest BCUT2D eigenvalue weighted by Crippen LogP contribution is 2.68. The average Bonchev–Trinajstić information content (AvgIpc) is 2.62. The van der Waals surface area contributed by atoms with Crippen LogP contribution in [0.25, 0.3) is 0 Å². The van der Waals surface area contributed by atoms with Crippen molar-refractivity contribution in [3.8, 4) is 0 Å². The van der Waals surface area contributed by atoms with Crippen LogP contribution in [0.5, 0.6) is 0 Å². The minimum atomic E-state index is 0.369. The molecular formula is C13H15N. The van der Waals surface area contributed by atoms with E-state index in [0.29, 0.717) is 10.8 Å². The molecule has 0 saturated heterocycles. The topological polar surface area (TPSA) is 12.4 Å². The Labute approximate surface area is 84.9 Å². The van der Waals surface area contributed by atoms with Gasteiger partial charge in [-0.05, 0) is 17.4 Å². The summed E-state index contributed by atoms with van der Waals surface area (Å²) in [6.45, 7) is 5.73. The Morgan fingerprint density at radius 1 is 1.14 bits per heavy atom. The van der Waals surface area contributed by atoms with E-state index in [0.717, 1.165) is 6.54 Å². The molecule has 2 aliphatic rings. The van der Waals surface area contributed by atoms with Crippen LogP contribution in [0.15, 0.2) is 35.3 Å². The monoisotopic (exact) mass is 185 g/mol. The molecule has 0 radical (unpaired) electrons. The van der Waals surface area contributed by atoms with Crippen LogP contribution in [0.1, 0.15) is 25.8 Å². The molecule has 0 amide bonds. The zero-order valence-electron chi connectivity index (χ0n) is 8.75. The fraction of sp³-hybridized carbons (Fsp3) is 0.462. The second-order valence-electron chi connectivity index (χ2n) is 5.10. The van der Waals surface area contributed by atoms with Crippen LogP contribution >= 0.6 is 0 Å². The van der Waals surface area contributed by atoms with Gasteiger partial charge >= 0.3 is 0 Å². The Kier molecular flexibility index (Phi) is 1.34. The molecule has 1 nitrogen and oxygen atoms in total. The summed E-state index contributed by atoms with van der Waals surface area (Å²) in [4.78, 5) is 4.70. The molecule has 0 spiro atoms. The molecule has 72 valence electrons. The summed E-state index contributed by atoms with van der Waals surface area (Å²) < 4.78 is 0. The molecule has 2 atom stereocenters. The minimum absolute atomic E-state index is 0.369. The van der Waals surface area contributed by atoms with Gasteiger partial charge in [-0.1, -0.05) is 44.2 Å². The zero-order chi connectivity index (χ0) is 9.81. The van der Waals surface area contributed by atoms with Crippen molar-refractivity contribution in [3.63, 3.8) is 0 Å². The highest BCUT2D eigenvalue weighted by Gasteiger charge is 2.66. The lowest BCUT2D eigenvalue weighted by Gasteiger charge is -2.11. The fourth-order valence-corrected chi connectivity index (χ4v) is 2.77. The van der Waals surface area contributed by atoms with Crippen molar-refractivity contribution >= 4 is 5.71 Å². The summed E-state index contributed by atoms with van der Waals surface area (Å²) in [5, 5.41) is 0. The third kappa shape index (κ3) is 0.827. The van der Waals surface area contributed by atoms with E-state index in [4.69, 9.17) is 4.99 Å². The first-order chi connectivity index (χ1) is 6.66. The van der Waals surface area contributed by atoms with Crippen molar-refractivity contribution in [1.82, 2.24) is 0 Å². The Morgan fingerprint density at radius 3 is 2.36 bits per heavy atom. The average molecular weight is 185 g/mol. The molecule has 0 N–H and O–H groups in total. The molecule has 1 aromatic rings. The summed E-state index contributed by atoms with van der Waals surface area (Å²) in [5.41, 5.74) is 3.49. The lowest BCUT2D eigenvalue weighted by Crippen LogP contribution is -2.14. The van der Waals surface area contributed by atoms with E-state index in [1.54, 1.807) is 0 Å². The predicted octanol–water partition coefficient (Wildman–Crippen LogP) is 2.91. The number of hydrogen-bond acceptors (Lipinski definition) is 1. The molecule has 1 fully saturated rings. The normalized spacial score (nSPS) is 39.1. The Bertz CT molecular complexity index is 407. The number of benzene rings is 1. The maximum atomic E-state index is 4.70. The molecule has 14 heavy (non-hydrogen) atoms. The maximum absolute atomic E-state index is 4.70. The Balaban J connectivity index is 2.03. The number of aliphatic imine (C=N–C) groups is 1. The van der Waals surface area contributed by atoms with Crippen molar-refractivity contribution < 1.29 is 0 Å². The van der Waals surface area contributed by atoms with E-state index >= 15 is 0 Å². The molecule has 1 aliphatic heterocycles. The number of rotatable bonds is 1. The quantitative estimate of drug-likeness (QED) is 0.638. The van der Waals surface area contributed by atoms with Crippen LogP contribution in [0.2, 0.25) is 0 Å². The van der Waals surface area contributed by atoms with E-state index in [-0.39, 0.29) is 0 Å². The molecule has 2 unspecified atom stereocenters. The summed E-state index contributed by atoms with van der Waals surface area (Å²) in [5.74, 6) is 0. The lowest BCUT2D eigenvalue weighted by atomic mass is 9.90. The van der Waals surface area contributed by atoms with Gasteiger partial charge in [0, 0.05) is 17.7 Å². The second kappa shape index (κ2) is 2.28. The summed E-state index contributed by atoms with van der Waals surface area (Å²) in [6.07, 6.45) is 1.31. The van der Waals surface area contributed by atoms with E-state index in [9.17, 15) is 0 Å². The highest BCUT2D eigenvalue weighted by molar-refractivity contribution is 6.08. The van der Waals surface area contributed by atoms with Crippen molar-refractivity contribution in [2.45, 2.75) is 20.3 Å². The first-order valence-corrected chi connectivity index (χ1v) is 5.26.